The molecule has 7 heteroatoms. The Hall–Kier alpha value is -2.41. The number of carbonyl (C=O) groups excluding carboxylic acids is 2. The maximum absolute atomic E-state index is 13.5. The molecule has 0 aliphatic heterocycles. The highest BCUT2D eigenvalue weighted by Crippen LogP contribution is 2.18. The number of esters is 1. The van der Waals surface area contributed by atoms with Crippen LogP contribution >= 0.6 is 11.3 Å². The molecule has 0 radical (unpaired) electrons. The first-order chi connectivity index (χ1) is 11.6. The number of benzene rings is 1. The van der Waals surface area contributed by atoms with Crippen molar-refractivity contribution in [3.8, 4) is 5.75 Å². The fourth-order valence-corrected chi connectivity index (χ4v) is 2.72. The number of amides is 1. The predicted octanol–water partition coefficient (Wildman–Crippen LogP) is 2.34. The zero-order valence-electron chi connectivity index (χ0n) is 13.2. The Kier molecular flexibility index (Phi) is 6.74. The molecule has 1 amide bonds. The molecule has 128 valence electrons. The maximum atomic E-state index is 13.5. The van der Waals surface area contributed by atoms with Crippen LogP contribution in [0.3, 0.4) is 0 Å². The fraction of sp³-hybridized carbons (Fsp3) is 0.294. The van der Waals surface area contributed by atoms with E-state index in [1.807, 2.05) is 17.5 Å². The van der Waals surface area contributed by atoms with Gasteiger partial charge in [-0.25, -0.2) is 4.39 Å². The topological polar surface area (TPSA) is 64.6 Å². The summed E-state index contributed by atoms with van der Waals surface area (Å²) < 4.78 is 23.2. The molecule has 0 saturated heterocycles. The molecule has 2 rings (SSSR count). The summed E-state index contributed by atoms with van der Waals surface area (Å²) in [6.45, 7) is 0.141. The molecule has 0 bridgehead atoms. The van der Waals surface area contributed by atoms with Crippen molar-refractivity contribution in [2.24, 2.45) is 0 Å². The van der Waals surface area contributed by atoms with Crippen molar-refractivity contribution < 1.29 is 23.5 Å². The summed E-state index contributed by atoms with van der Waals surface area (Å²) in [4.78, 5) is 24.5. The Bertz CT molecular complexity index is 688. The Labute approximate surface area is 143 Å². The molecule has 24 heavy (non-hydrogen) atoms. The molecule has 0 saturated carbocycles. The second-order valence-corrected chi connectivity index (χ2v) is 6.02. The molecule has 0 unspecified atom stereocenters. The van der Waals surface area contributed by atoms with E-state index in [-0.39, 0.29) is 24.7 Å². The number of thiophene rings is 1. The van der Waals surface area contributed by atoms with Crippen LogP contribution in [-0.2, 0) is 27.2 Å². The monoisotopic (exact) mass is 351 g/mol. The first-order valence-electron chi connectivity index (χ1n) is 7.35. The van der Waals surface area contributed by atoms with Crippen molar-refractivity contribution in [1.29, 1.82) is 0 Å². The first-order valence-corrected chi connectivity index (χ1v) is 8.23. The number of methoxy groups -OCH3 is 1. The molecule has 1 heterocycles. The molecule has 5 nitrogen and oxygen atoms in total. The van der Waals surface area contributed by atoms with Crippen molar-refractivity contribution in [3.05, 3.63) is 52.0 Å². The van der Waals surface area contributed by atoms with Crippen LogP contribution in [0.2, 0.25) is 0 Å². The van der Waals surface area contributed by atoms with Gasteiger partial charge in [0.15, 0.2) is 18.2 Å². The van der Waals surface area contributed by atoms with E-state index in [0.29, 0.717) is 12.1 Å². The van der Waals surface area contributed by atoms with Gasteiger partial charge in [0, 0.05) is 11.4 Å². The minimum atomic E-state index is -0.590. The maximum Gasteiger partial charge on any atom is 0.310 e. The molecule has 0 aliphatic rings. The normalized spacial score (nSPS) is 10.2. The number of carbonyl (C=O) groups is 2. The Morgan fingerprint density at radius 1 is 1.29 bits per heavy atom. The van der Waals surface area contributed by atoms with Crippen molar-refractivity contribution in [2.45, 2.75) is 12.8 Å². The minimum Gasteiger partial charge on any atom is -0.494 e. The number of hydrogen-bond acceptors (Lipinski definition) is 5. The second-order valence-electron chi connectivity index (χ2n) is 4.99. The Morgan fingerprint density at radius 2 is 2.12 bits per heavy atom. The van der Waals surface area contributed by atoms with Crippen molar-refractivity contribution in [1.82, 2.24) is 5.32 Å². The lowest BCUT2D eigenvalue weighted by Crippen LogP contribution is -2.30. The molecular formula is C17H18FNO4S. The summed E-state index contributed by atoms with van der Waals surface area (Å²) in [7, 11) is 1.36. The summed E-state index contributed by atoms with van der Waals surface area (Å²) in [5, 5.41) is 4.65. The molecule has 1 N–H and O–H groups in total. The molecule has 0 aliphatic carbocycles. The highest BCUT2D eigenvalue weighted by atomic mass is 32.1. The van der Waals surface area contributed by atoms with Gasteiger partial charge in [0.25, 0.3) is 5.91 Å². The fourth-order valence-electron chi connectivity index (χ4n) is 2.01. The van der Waals surface area contributed by atoms with Crippen LogP contribution in [0.1, 0.15) is 10.4 Å². The number of rotatable bonds is 8. The van der Waals surface area contributed by atoms with Gasteiger partial charge in [-0.15, -0.1) is 11.3 Å². The van der Waals surface area contributed by atoms with Gasteiger partial charge in [0.05, 0.1) is 13.5 Å². The quantitative estimate of drug-likeness (QED) is 0.742. The van der Waals surface area contributed by atoms with Crippen LogP contribution < -0.4 is 10.1 Å². The van der Waals surface area contributed by atoms with Gasteiger partial charge in [0.1, 0.15) is 0 Å². The van der Waals surface area contributed by atoms with Crippen LogP contribution in [0.15, 0.2) is 35.7 Å². The van der Waals surface area contributed by atoms with Crippen molar-refractivity contribution in [2.75, 3.05) is 20.3 Å². The molecule has 1 aromatic heterocycles. The van der Waals surface area contributed by atoms with E-state index in [1.165, 1.54) is 24.1 Å². The van der Waals surface area contributed by atoms with Gasteiger partial charge in [-0.2, -0.15) is 0 Å². The standard InChI is InChI=1S/C17H18FNO4S/c1-22-15-5-4-12(9-14(15)18)10-17(21)23-11-16(20)19-7-6-13-3-2-8-24-13/h2-5,8-9H,6-7,10-11H2,1H3,(H,19,20). The SMILES string of the molecule is COc1ccc(CC(=O)OCC(=O)NCCc2cccs2)cc1F. The third-order valence-corrected chi connectivity index (χ3v) is 4.14. The molecule has 1 aromatic carbocycles. The molecule has 0 fully saturated rings. The van der Waals surface area contributed by atoms with Gasteiger partial charge in [-0.05, 0) is 35.6 Å². The summed E-state index contributed by atoms with van der Waals surface area (Å²) in [6, 6.07) is 8.16. The Morgan fingerprint density at radius 3 is 2.79 bits per heavy atom. The summed E-state index contributed by atoms with van der Waals surface area (Å²) in [5.74, 6) is -1.39. The van der Waals surface area contributed by atoms with Crippen LogP contribution in [0, 0.1) is 5.82 Å². The van der Waals surface area contributed by atoms with Crippen molar-refractivity contribution in [3.63, 3.8) is 0 Å². The lowest BCUT2D eigenvalue weighted by Gasteiger charge is -2.07. The van der Waals surface area contributed by atoms with Crippen molar-refractivity contribution >= 4 is 23.2 Å². The zero-order valence-corrected chi connectivity index (χ0v) is 14.0. The summed E-state index contributed by atoms with van der Waals surface area (Å²) >= 11 is 1.62. The largest absolute Gasteiger partial charge is 0.494 e. The third kappa shape index (κ3) is 5.66. The van der Waals surface area contributed by atoms with Gasteiger partial charge in [-0.1, -0.05) is 12.1 Å². The minimum absolute atomic E-state index is 0.108. The zero-order chi connectivity index (χ0) is 17.4. The lowest BCUT2D eigenvalue weighted by atomic mass is 10.1. The van der Waals surface area contributed by atoms with Gasteiger partial charge < -0.3 is 14.8 Å². The van der Waals surface area contributed by atoms with E-state index < -0.39 is 11.8 Å². The van der Waals surface area contributed by atoms with E-state index in [2.05, 4.69) is 5.32 Å². The Balaban J connectivity index is 1.68. The third-order valence-electron chi connectivity index (χ3n) is 3.20. The highest BCUT2D eigenvalue weighted by Gasteiger charge is 2.10. The number of halogens is 1. The predicted molar refractivity (Wildman–Crippen MR) is 88.6 cm³/mol. The second kappa shape index (κ2) is 9.02. The molecular weight excluding hydrogens is 333 g/mol. The average Bonchev–Trinajstić information content (AvgIpc) is 3.06. The average molecular weight is 351 g/mol. The van der Waals surface area contributed by atoms with Crippen LogP contribution in [-0.4, -0.2) is 32.1 Å². The number of nitrogens with one attached hydrogen (secondary N) is 1. The van der Waals surface area contributed by atoms with Gasteiger partial charge >= 0.3 is 5.97 Å². The first kappa shape index (κ1) is 17.9. The van der Waals surface area contributed by atoms with Crippen LogP contribution in [0.4, 0.5) is 4.39 Å². The van der Waals surface area contributed by atoms with E-state index in [0.717, 1.165) is 6.42 Å². The van der Waals surface area contributed by atoms with E-state index in [9.17, 15) is 14.0 Å². The van der Waals surface area contributed by atoms with Crippen LogP contribution in [0.5, 0.6) is 5.75 Å². The summed E-state index contributed by atoms with van der Waals surface area (Å²) in [5.41, 5.74) is 0.455. The molecule has 0 spiro atoms. The van der Waals surface area contributed by atoms with E-state index >= 15 is 0 Å². The number of ether oxygens (including phenoxy) is 2. The van der Waals surface area contributed by atoms with Gasteiger partial charge in [-0.3, -0.25) is 9.59 Å². The summed E-state index contributed by atoms with van der Waals surface area (Å²) in [6.07, 6.45) is 0.631. The molecule has 0 atom stereocenters. The van der Waals surface area contributed by atoms with Crippen LogP contribution in [0.25, 0.3) is 0 Å². The lowest BCUT2D eigenvalue weighted by molar-refractivity contribution is -0.147. The van der Waals surface area contributed by atoms with Gasteiger partial charge in [0.2, 0.25) is 0 Å². The van der Waals surface area contributed by atoms with E-state index in [4.69, 9.17) is 9.47 Å². The number of hydrogen-bond donors (Lipinski definition) is 1. The molecule has 2 aromatic rings. The smallest absolute Gasteiger partial charge is 0.310 e. The van der Waals surface area contributed by atoms with E-state index in [1.54, 1.807) is 17.4 Å². The highest BCUT2D eigenvalue weighted by molar-refractivity contribution is 7.09.